The van der Waals surface area contributed by atoms with Crippen molar-refractivity contribution in [3.8, 4) is 5.75 Å². The zero-order valence-electron chi connectivity index (χ0n) is 25.0. The summed E-state index contributed by atoms with van der Waals surface area (Å²) < 4.78 is 5.48. The number of nitrogens with one attached hydrogen (secondary N) is 2. The van der Waals surface area contributed by atoms with Crippen molar-refractivity contribution in [1.82, 2.24) is 15.5 Å². The molecule has 8 heteroatoms. The molecule has 2 aromatic carbocycles. The second kappa shape index (κ2) is 14.2. The van der Waals surface area contributed by atoms with E-state index >= 15 is 0 Å². The van der Waals surface area contributed by atoms with Gasteiger partial charge in [0.1, 0.15) is 23.4 Å². The minimum Gasteiger partial charge on any atom is -0.508 e. The maximum atomic E-state index is 14.4. The van der Waals surface area contributed by atoms with Gasteiger partial charge < -0.3 is 25.4 Å². The number of alkyl carbamates (subject to hydrolysis) is 1. The number of ether oxygens (including phenoxy) is 1. The van der Waals surface area contributed by atoms with Crippen LogP contribution in [0.2, 0.25) is 0 Å². The molecule has 1 aliphatic rings. The maximum Gasteiger partial charge on any atom is 0.408 e. The van der Waals surface area contributed by atoms with E-state index in [1.54, 1.807) is 39.0 Å². The average molecular weight is 564 g/mol. The zero-order chi connectivity index (χ0) is 30.2. The number of amides is 3. The minimum atomic E-state index is -1.04. The molecule has 1 aliphatic carbocycles. The Hall–Kier alpha value is -3.81. The summed E-state index contributed by atoms with van der Waals surface area (Å²) >= 11 is 0. The number of phenolic OH excluding ortho intramolecular Hbond substituents is 1. The smallest absolute Gasteiger partial charge is 0.408 e. The third kappa shape index (κ3) is 9.37. The molecule has 0 aromatic heterocycles. The Morgan fingerprint density at radius 1 is 1.07 bits per heavy atom. The molecule has 0 bridgehead atoms. The summed E-state index contributed by atoms with van der Waals surface area (Å²) in [5, 5.41) is 15.7. The van der Waals surface area contributed by atoms with Crippen LogP contribution in [0.15, 0.2) is 55.1 Å². The zero-order valence-corrected chi connectivity index (χ0v) is 25.0. The fourth-order valence-electron chi connectivity index (χ4n) is 5.29. The fraction of sp³-hybridized carbons (Fsp3) is 0.485. The normalized spacial score (nSPS) is 15.3. The van der Waals surface area contributed by atoms with Gasteiger partial charge in [-0.05, 0) is 76.3 Å². The van der Waals surface area contributed by atoms with Crippen molar-refractivity contribution in [2.45, 2.75) is 96.9 Å². The molecule has 3 amide bonds. The Bertz CT molecular complexity index is 1210. The van der Waals surface area contributed by atoms with Crippen LogP contribution >= 0.6 is 0 Å². The molecule has 1 saturated carbocycles. The Kier molecular flexibility index (Phi) is 11.0. The van der Waals surface area contributed by atoms with Crippen molar-refractivity contribution in [3.63, 3.8) is 0 Å². The van der Waals surface area contributed by atoms with Crippen molar-refractivity contribution in [3.05, 3.63) is 77.4 Å². The van der Waals surface area contributed by atoms with E-state index in [1.165, 1.54) is 17.0 Å². The molecule has 0 spiro atoms. The molecular formula is C33H45N3O5. The van der Waals surface area contributed by atoms with Gasteiger partial charge in [-0.15, -0.1) is 6.58 Å². The van der Waals surface area contributed by atoms with Crippen molar-refractivity contribution >= 4 is 17.9 Å². The highest BCUT2D eigenvalue weighted by atomic mass is 16.6. The number of carbonyl (C=O) groups is 3. The molecular weight excluding hydrogens is 518 g/mol. The number of phenols is 1. The van der Waals surface area contributed by atoms with Gasteiger partial charge in [-0.1, -0.05) is 61.2 Å². The van der Waals surface area contributed by atoms with Gasteiger partial charge in [0.25, 0.3) is 0 Å². The van der Waals surface area contributed by atoms with Crippen LogP contribution in [0, 0.1) is 13.8 Å². The van der Waals surface area contributed by atoms with E-state index in [0.29, 0.717) is 0 Å². The minimum absolute atomic E-state index is 0.0536. The summed E-state index contributed by atoms with van der Waals surface area (Å²) in [4.78, 5) is 42.8. The lowest BCUT2D eigenvalue weighted by molar-refractivity contribution is -0.142. The van der Waals surface area contributed by atoms with E-state index in [9.17, 15) is 19.5 Å². The number of hydrogen-bond acceptors (Lipinski definition) is 5. The van der Waals surface area contributed by atoms with Crippen molar-refractivity contribution < 1.29 is 24.2 Å². The monoisotopic (exact) mass is 563 g/mol. The Morgan fingerprint density at radius 2 is 1.73 bits per heavy atom. The van der Waals surface area contributed by atoms with Crippen LogP contribution in [-0.4, -0.2) is 52.1 Å². The lowest BCUT2D eigenvalue weighted by Gasteiger charge is -2.36. The third-order valence-electron chi connectivity index (χ3n) is 7.21. The first-order valence-electron chi connectivity index (χ1n) is 14.4. The number of nitrogens with zero attached hydrogens (tertiary/aromatic N) is 1. The standard InChI is InChI=1S/C33H45N3O5/c1-7-19-36(29(27-18-13-22(2)20-23(27)3)30(38)34-25-11-9-8-10-12-25)31(39)28(35-32(40)41-33(4,5)6)21-24-14-16-26(37)17-15-24/h7,13-18,20,25,28-29,37H,1,8-12,19,21H2,2-6H3,(H,34,38)(H,35,40). The molecule has 0 radical (unpaired) electrons. The van der Waals surface area contributed by atoms with Crippen LogP contribution in [0.4, 0.5) is 4.79 Å². The second-order valence-corrected chi connectivity index (χ2v) is 12.0. The summed E-state index contributed by atoms with van der Waals surface area (Å²) in [5.41, 5.74) is 2.63. The topological polar surface area (TPSA) is 108 Å². The first-order chi connectivity index (χ1) is 19.4. The number of aromatic hydroxyl groups is 1. The van der Waals surface area contributed by atoms with Crippen molar-refractivity contribution in [2.24, 2.45) is 0 Å². The number of benzene rings is 2. The highest BCUT2D eigenvalue weighted by Crippen LogP contribution is 2.28. The van der Waals surface area contributed by atoms with Crippen molar-refractivity contribution in [2.75, 3.05) is 6.54 Å². The molecule has 41 heavy (non-hydrogen) atoms. The number of rotatable bonds is 10. The largest absolute Gasteiger partial charge is 0.508 e. The fourth-order valence-corrected chi connectivity index (χ4v) is 5.29. The van der Waals surface area contributed by atoms with Crippen LogP contribution in [0.1, 0.15) is 81.2 Å². The molecule has 3 rings (SSSR count). The third-order valence-corrected chi connectivity index (χ3v) is 7.21. The molecule has 2 aromatic rings. The summed E-state index contributed by atoms with van der Waals surface area (Å²) in [6.45, 7) is 13.1. The predicted molar refractivity (Wildman–Crippen MR) is 161 cm³/mol. The van der Waals surface area contributed by atoms with Gasteiger partial charge >= 0.3 is 6.09 Å². The first kappa shape index (κ1) is 31.7. The molecule has 2 unspecified atom stereocenters. The molecule has 2 atom stereocenters. The molecule has 8 nitrogen and oxygen atoms in total. The van der Waals surface area contributed by atoms with Crippen molar-refractivity contribution in [1.29, 1.82) is 0 Å². The van der Waals surface area contributed by atoms with E-state index < -0.39 is 29.7 Å². The van der Waals surface area contributed by atoms with Gasteiger partial charge in [-0.3, -0.25) is 9.59 Å². The van der Waals surface area contributed by atoms with Crippen LogP contribution in [0.25, 0.3) is 0 Å². The second-order valence-electron chi connectivity index (χ2n) is 12.0. The van der Waals surface area contributed by atoms with Gasteiger partial charge in [0, 0.05) is 19.0 Å². The molecule has 0 aliphatic heterocycles. The van der Waals surface area contributed by atoms with E-state index in [-0.39, 0.29) is 30.7 Å². The van der Waals surface area contributed by atoms with Crippen LogP contribution in [0.5, 0.6) is 5.75 Å². The van der Waals surface area contributed by atoms with E-state index in [2.05, 4.69) is 17.2 Å². The molecule has 0 heterocycles. The average Bonchev–Trinajstić information content (AvgIpc) is 2.89. The van der Waals surface area contributed by atoms with Crippen LogP contribution in [-0.2, 0) is 20.7 Å². The van der Waals surface area contributed by atoms with E-state index in [1.807, 2.05) is 32.0 Å². The molecule has 1 fully saturated rings. The van der Waals surface area contributed by atoms with Gasteiger partial charge in [-0.2, -0.15) is 0 Å². The maximum absolute atomic E-state index is 14.4. The lowest BCUT2D eigenvalue weighted by Crippen LogP contribution is -2.54. The number of aryl methyl sites for hydroxylation is 2. The number of hydrogen-bond donors (Lipinski definition) is 3. The summed E-state index contributed by atoms with van der Waals surface area (Å²) in [6, 6.07) is 10.4. The summed E-state index contributed by atoms with van der Waals surface area (Å²) in [6.07, 6.45) is 6.08. The van der Waals surface area contributed by atoms with E-state index in [4.69, 9.17) is 4.74 Å². The summed E-state index contributed by atoms with van der Waals surface area (Å²) in [7, 11) is 0. The summed E-state index contributed by atoms with van der Waals surface area (Å²) in [5.74, 6) is -0.591. The predicted octanol–water partition coefficient (Wildman–Crippen LogP) is 5.65. The first-order valence-corrected chi connectivity index (χ1v) is 14.4. The van der Waals surface area contributed by atoms with Crippen LogP contribution in [0.3, 0.4) is 0 Å². The van der Waals surface area contributed by atoms with Gasteiger partial charge in [0.2, 0.25) is 11.8 Å². The SMILES string of the molecule is C=CCN(C(=O)C(Cc1ccc(O)cc1)NC(=O)OC(C)(C)C)C(C(=O)NC1CCCCC1)c1ccc(C)cc1C. The highest BCUT2D eigenvalue weighted by Gasteiger charge is 2.37. The quantitative estimate of drug-likeness (QED) is 0.324. The Balaban J connectivity index is 2.02. The molecule has 0 saturated heterocycles. The van der Waals surface area contributed by atoms with E-state index in [0.717, 1.165) is 54.4 Å². The van der Waals surface area contributed by atoms with Gasteiger partial charge in [0.05, 0.1) is 0 Å². The molecule has 3 N–H and O–H groups in total. The van der Waals surface area contributed by atoms with Gasteiger partial charge in [-0.25, -0.2) is 4.79 Å². The molecule has 222 valence electrons. The Labute approximate surface area is 244 Å². The Morgan fingerprint density at radius 3 is 2.32 bits per heavy atom. The highest BCUT2D eigenvalue weighted by molar-refractivity contribution is 5.92. The lowest BCUT2D eigenvalue weighted by atomic mass is 9.93. The number of carbonyl (C=O) groups excluding carboxylic acids is 3. The van der Waals surface area contributed by atoms with Crippen LogP contribution < -0.4 is 10.6 Å². The van der Waals surface area contributed by atoms with Gasteiger partial charge in [0.15, 0.2) is 0 Å².